The van der Waals surface area contributed by atoms with Crippen LogP contribution in [0, 0.1) is 0 Å². The molecule has 1 aromatic carbocycles. The van der Waals surface area contributed by atoms with Gasteiger partial charge in [0.15, 0.2) is 0 Å². The van der Waals surface area contributed by atoms with E-state index >= 15 is 0 Å². The molecule has 0 saturated heterocycles. The molecule has 0 spiro atoms. The van der Waals surface area contributed by atoms with Crippen molar-refractivity contribution in [2.24, 2.45) is 5.73 Å². The molecule has 0 aliphatic rings. The van der Waals surface area contributed by atoms with Crippen LogP contribution in [-0.2, 0) is 0 Å². The number of nitrogens with two attached hydrogens (primary N) is 1. The van der Waals surface area contributed by atoms with Crippen LogP contribution in [0.1, 0.15) is 34.0 Å². The minimum atomic E-state index is -0.153. The summed E-state index contributed by atoms with van der Waals surface area (Å²) in [5, 5.41) is 3.54. The molecule has 3 aromatic rings. The van der Waals surface area contributed by atoms with E-state index in [1.807, 2.05) is 25.1 Å². The first kappa shape index (κ1) is 12.9. The first-order valence-electron chi connectivity index (χ1n) is 6.25. The summed E-state index contributed by atoms with van der Waals surface area (Å²) in [4.78, 5) is 21.0. The number of rotatable bonds is 3. The lowest BCUT2D eigenvalue weighted by molar-refractivity contribution is 0.103. The van der Waals surface area contributed by atoms with E-state index < -0.39 is 0 Å². The van der Waals surface area contributed by atoms with Gasteiger partial charge in [-0.2, -0.15) is 0 Å². The number of benzene rings is 1. The molecule has 1 unspecified atom stereocenters. The van der Waals surface area contributed by atoms with Crippen LogP contribution in [0.25, 0.3) is 10.9 Å². The summed E-state index contributed by atoms with van der Waals surface area (Å²) in [6.07, 6.45) is 1.72. The van der Waals surface area contributed by atoms with Crippen LogP contribution in [0.2, 0.25) is 0 Å². The van der Waals surface area contributed by atoms with Crippen LogP contribution in [0.4, 0.5) is 0 Å². The van der Waals surface area contributed by atoms with E-state index in [4.69, 9.17) is 5.73 Å². The zero-order valence-corrected chi connectivity index (χ0v) is 11.7. The number of ketones is 1. The maximum atomic E-state index is 12.4. The highest BCUT2D eigenvalue weighted by molar-refractivity contribution is 7.09. The van der Waals surface area contributed by atoms with Gasteiger partial charge < -0.3 is 5.73 Å². The van der Waals surface area contributed by atoms with Gasteiger partial charge in [0, 0.05) is 22.5 Å². The molecule has 0 aliphatic heterocycles. The van der Waals surface area contributed by atoms with E-state index in [0.29, 0.717) is 11.3 Å². The van der Waals surface area contributed by atoms with Crippen molar-refractivity contribution in [3.05, 3.63) is 58.2 Å². The number of fused-ring (bicyclic) bond motifs is 1. The van der Waals surface area contributed by atoms with Gasteiger partial charge in [0.2, 0.25) is 5.78 Å². The van der Waals surface area contributed by atoms with Gasteiger partial charge in [-0.15, -0.1) is 11.3 Å². The van der Waals surface area contributed by atoms with E-state index in [1.54, 1.807) is 23.7 Å². The van der Waals surface area contributed by atoms with Crippen molar-refractivity contribution in [1.29, 1.82) is 0 Å². The number of hydrogen-bond donors (Lipinski definition) is 1. The molecule has 0 radical (unpaired) electrons. The minimum absolute atomic E-state index is 0.0966. The van der Waals surface area contributed by atoms with E-state index in [1.165, 1.54) is 11.3 Å². The molecule has 2 aromatic heterocycles. The van der Waals surface area contributed by atoms with Crippen molar-refractivity contribution in [3.63, 3.8) is 0 Å². The van der Waals surface area contributed by atoms with Gasteiger partial charge in [-0.1, -0.05) is 18.2 Å². The van der Waals surface area contributed by atoms with Crippen molar-refractivity contribution in [2.45, 2.75) is 13.0 Å². The number of carbonyl (C=O) groups is 1. The molecule has 20 heavy (non-hydrogen) atoms. The van der Waals surface area contributed by atoms with Gasteiger partial charge in [-0.05, 0) is 19.1 Å². The highest BCUT2D eigenvalue weighted by Gasteiger charge is 2.15. The molecule has 4 nitrogen and oxygen atoms in total. The molecule has 0 amide bonds. The minimum Gasteiger partial charge on any atom is -0.322 e. The number of pyridine rings is 1. The van der Waals surface area contributed by atoms with Crippen LogP contribution < -0.4 is 5.73 Å². The van der Waals surface area contributed by atoms with Gasteiger partial charge in [0.25, 0.3) is 0 Å². The van der Waals surface area contributed by atoms with Crippen molar-refractivity contribution < 1.29 is 4.79 Å². The Labute approximate surface area is 120 Å². The Bertz CT molecular complexity index is 779. The molecule has 0 fully saturated rings. The van der Waals surface area contributed by atoms with Gasteiger partial charge in [-0.25, -0.2) is 4.98 Å². The average Bonchev–Trinajstić information content (AvgIpc) is 2.96. The van der Waals surface area contributed by atoms with E-state index in [2.05, 4.69) is 9.97 Å². The third-order valence-electron chi connectivity index (χ3n) is 3.01. The number of nitrogens with zero attached hydrogens (tertiary/aromatic N) is 2. The second-order valence-electron chi connectivity index (χ2n) is 4.60. The first-order valence-corrected chi connectivity index (χ1v) is 7.13. The van der Waals surface area contributed by atoms with Crippen LogP contribution in [0.3, 0.4) is 0 Å². The summed E-state index contributed by atoms with van der Waals surface area (Å²) in [6, 6.07) is 9.18. The molecule has 0 saturated carbocycles. The van der Waals surface area contributed by atoms with Gasteiger partial charge in [-0.3, -0.25) is 9.78 Å². The first-order chi connectivity index (χ1) is 9.65. The molecule has 2 N–H and O–H groups in total. The highest BCUT2D eigenvalue weighted by Crippen LogP contribution is 2.20. The molecule has 1 atom stereocenters. The maximum absolute atomic E-state index is 12.4. The Kier molecular flexibility index (Phi) is 3.30. The summed E-state index contributed by atoms with van der Waals surface area (Å²) < 4.78 is 0. The van der Waals surface area contributed by atoms with Crippen LogP contribution >= 0.6 is 11.3 Å². The normalized spacial score (nSPS) is 12.5. The second kappa shape index (κ2) is 5.11. The third kappa shape index (κ3) is 2.33. The Morgan fingerprint density at radius 3 is 2.95 bits per heavy atom. The summed E-state index contributed by atoms with van der Waals surface area (Å²) in [5.74, 6) is -0.0966. The van der Waals surface area contributed by atoms with Crippen LogP contribution in [0.5, 0.6) is 0 Å². The quantitative estimate of drug-likeness (QED) is 0.750. The van der Waals surface area contributed by atoms with Crippen molar-refractivity contribution in [1.82, 2.24) is 9.97 Å². The van der Waals surface area contributed by atoms with E-state index in [-0.39, 0.29) is 11.8 Å². The van der Waals surface area contributed by atoms with Gasteiger partial charge in [0.1, 0.15) is 10.7 Å². The molecular weight excluding hydrogens is 270 g/mol. The highest BCUT2D eigenvalue weighted by atomic mass is 32.1. The molecule has 2 heterocycles. The summed E-state index contributed by atoms with van der Waals surface area (Å²) in [7, 11) is 0. The van der Waals surface area contributed by atoms with Crippen molar-refractivity contribution in [2.75, 3.05) is 0 Å². The topological polar surface area (TPSA) is 68.9 Å². The molecular formula is C15H13N3OS. The lowest BCUT2D eigenvalue weighted by Crippen LogP contribution is -2.06. The SMILES string of the molecule is CC(N)c1nc(C(=O)c2ccc3cccnc3c2)cs1. The standard InChI is InChI=1S/C15H13N3OS/c1-9(16)15-18-13(8-20-15)14(19)11-5-4-10-3-2-6-17-12(10)7-11/h2-9H,16H2,1H3. The second-order valence-corrected chi connectivity index (χ2v) is 5.49. The summed E-state index contributed by atoms with van der Waals surface area (Å²) >= 11 is 1.41. The lowest BCUT2D eigenvalue weighted by atomic mass is 10.1. The largest absolute Gasteiger partial charge is 0.322 e. The van der Waals surface area contributed by atoms with Gasteiger partial charge >= 0.3 is 0 Å². The fourth-order valence-electron chi connectivity index (χ4n) is 1.96. The fraction of sp³-hybridized carbons (Fsp3) is 0.133. The van der Waals surface area contributed by atoms with Crippen molar-refractivity contribution in [3.8, 4) is 0 Å². The fourth-order valence-corrected chi connectivity index (χ4v) is 2.71. The van der Waals surface area contributed by atoms with E-state index in [9.17, 15) is 4.79 Å². The summed E-state index contributed by atoms with van der Waals surface area (Å²) in [5.41, 5.74) is 7.61. The predicted octanol–water partition coefficient (Wildman–Crippen LogP) is 2.94. The molecule has 0 aliphatic carbocycles. The zero-order valence-electron chi connectivity index (χ0n) is 10.9. The molecule has 0 bridgehead atoms. The number of thiazole rings is 1. The summed E-state index contributed by atoms with van der Waals surface area (Å²) in [6.45, 7) is 1.85. The Hall–Kier alpha value is -2.11. The molecule has 3 rings (SSSR count). The third-order valence-corrected chi connectivity index (χ3v) is 4.06. The number of carbonyl (C=O) groups excluding carboxylic acids is 1. The van der Waals surface area contributed by atoms with Crippen molar-refractivity contribution >= 4 is 28.0 Å². The number of aromatic nitrogens is 2. The zero-order chi connectivity index (χ0) is 14.1. The Morgan fingerprint density at radius 2 is 2.20 bits per heavy atom. The van der Waals surface area contributed by atoms with Crippen LogP contribution in [0.15, 0.2) is 41.9 Å². The Morgan fingerprint density at radius 1 is 1.35 bits per heavy atom. The number of hydrogen-bond acceptors (Lipinski definition) is 5. The van der Waals surface area contributed by atoms with E-state index in [0.717, 1.165) is 15.9 Å². The molecule has 5 heteroatoms. The van der Waals surface area contributed by atoms with Crippen LogP contribution in [-0.4, -0.2) is 15.8 Å². The van der Waals surface area contributed by atoms with Gasteiger partial charge in [0.05, 0.1) is 11.6 Å². The average molecular weight is 283 g/mol. The lowest BCUT2D eigenvalue weighted by Gasteiger charge is -2.01. The predicted molar refractivity (Wildman–Crippen MR) is 79.9 cm³/mol. The smallest absolute Gasteiger partial charge is 0.212 e. The Balaban J connectivity index is 1.98. The molecule has 100 valence electrons. The maximum Gasteiger partial charge on any atom is 0.212 e. The monoisotopic (exact) mass is 283 g/mol.